The summed E-state index contributed by atoms with van der Waals surface area (Å²) in [6, 6.07) is 0. The number of carbonyl (C=O) groups is 1. The SMILES string of the molecule is NC(=O)C1=CC=[N+]=CC1. The summed E-state index contributed by atoms with van der Waals surface area (Å²) in [4.78, 5) is 10.4. The summed E-state index contributed by atoms with van der Waals surface area (Å²) in [6.07, 6.45) is 5.40. The third-order valence-corrected chi connectivity index (χ3v) is 1.09. The van der Waals surface area contributed by atoms with Gasteiger partial charge in [-0.1, -0.05) is 0 Å². The van der Waals surface area contributed by atoms with Gasteiger partial charge in [0.1, 0.15) is 0 Å². The first-order valence-corrected chi connectivity index (χ1v) is 2.64. The van der Waals surface area contributed by atoms with Crippen LogP contribution in [0.25, 0.3) is 0 Å². The molecule has 1 rings (SSSR count). The first kappa shape index (κ1) is 5.79. The Morgan fingerprint density at radius 2 is 2.56 bits per heavy atom. The lowest BCUT2D eigenvalue weighted by molar-refractivity contribution is -0.114. The van der Waals surface area contributed by atoms with Crippen molar-refractivity contribution in [3.8, 4) is 0 Å². The summed E-state index contributed by atoms with van der Waals surface area (Å²) >= 11 is 0. The van der Waals surface area contributed by atoms with Crippen molar-refractivity contribution in [3.05, 3.63) is 11.6 Å². The molecule has 2 N–H and O–H groups in total. The Bertz CT molecular complexity index is 221. The maximum Gasteiger partial charge on any atom is 0.292 e. The number of rotatable bonds is 1. The highest BCUT2D eigenvalue weighted by molar-refractivity contribution is 6.00. The van der Waals surface area contributed by atoms with E-state index in [1.165, 1.54) is 0 Å². The topological polar surface area (TPSA) is 57.2 Å². The number of hydrogen-bond acceptors (Lipinski definition) is 1. The normalized spacial score (nSPS) is 15.3. The molecule has 1 amide bonds. The summed E-state index contributed by atoms with van der Waals surface area (Å²) in [5.74, 6) is -0.364. The molecule has 0 radical (unpaired) electrons. The van der Waals surface area contributed by atoms with Crippen LogP contribution >= 0.6 is 0 Å². The van der Waals surface area contributed by atoms with Gasteiger partial charge < -0.3 is 5.73 Å². The van der Waals surface area contributed by atoms with E-state index in [-0.39, 0.29) is 5.91 Å². The average molecular weight is 123 g/mol. The number of allylic oxidation sites excluding steroid dienone is 1. The Hall–Kier alpha value is -1.34. The zero-order valence-electron chi connectivity index (χ0n) is 4.87. The van der Waals surface area contributed by atoms with E-state index in [0.29, 0.717) is 12.0 Å². The molecule has 1 aliphatic rings. The molecule has 0 saturated carbocycles. The third kappa shape index (κ3) is 1.27. The fourth-order valence-corrected chi connectivity index (χ4v) is 0.596. The van der Waals surface area contributed by atoms with E-state index in [4.69, 9.17) is 5.73 Å². The standard InChI is InChI=1S/C6H6N2O/c7-6(9)5-1-3-8-4-2-5/h1,3-4H,2H2,(H-,7,9)/p+1. The van der Waals surface area contributed by atoms with Gasteiger partial charge in [-0.25, -0.2) is 0 Å². The van der Waals surface area contributed by atoms with Crippen molar-refractivity contribution in [1.82, 2.24) is 4.67 Å². The van der Waals surface area contributed by atoms with Crippen molar-refractivity contribution in [2.24, 2.45) is 5.73 Å². The molecular weight excluding hydrogens is 116 g/mol. The summed E-state index contributed by atoms with van der Waals surface area (Å²) in [5.41, 5.74) is 5.59. The Kier molecular flexibility index (Phi) is 1.47. The maximum absolute atomic E-state index is 10.4. The van der Waals surface area contributed by atoms with Crippen LogP contribution in [-0.2, 0) is 4.79 Å². The van der Waals surface area contributed by atoms with Gasteiger partial charge >= 0.3 is 0 Å². The Balaban J connectivity index is 2.78. The molecule has 0 aromatic carbocycles. The molecule has 0 atom stereocenters. The molecule has 46 valence electrons. The van der Waals surface area contributed by atoms with Crippen LogP contribution in [0.3, 0.4) is 0 Å². The van der Waals surface area contributed by atoms with Crippen LogP contribution in [0.15, 0.2) is 11.6 Å². The van der Waals surface area contributed by atoms with Crippen molar-refractivity contribution in [2.75, 3.05) is 0 Å². The highest BCUT2D eigenvalue weighted by Crippen LogP contribution is 1.96. The lowest BCUT2D eigenvalue weighted by Crippen LogP contribution is -2.16. The predicted molar refractivity (Wildman–Crippen MR) is 36.2 cm³/mol. The van der Waals surface area contributed by atoms with Gasteiger partial charge in [-0.15, -0.1) is 4.67 Å². The Morgan fingerprint density at radius 1 is 1.78 bits per heavy atom. The number of amides is 1. The molecule has 9 heavy (non-hydrogen) atoms. The fraction of sp³-hybridized carbons (Fsp3) is 0.167. The summed E-state index contributed by atoms with van der Waals surface area (Å²) < 4.78 is 3.78. The van der Waals surface area contributed by atoms with Crippen molar-refractivity contribution >= 4 is 18.3 Å². The first-order chi connectivity index (χ1) is 4.30. The van der Waals surface area contributed by atoms with E-state index in [2.05, 4.69) is 4.67 Å². The first-order valence-electron chi connectivity index (χ1n) is 2.64. The maximum atomic E-state index is 10.4. The molecular formula is C6H7N2O+. The lowest BCUT2D eigenvalue weighted by atomic mass is 10.1. The Labute approximate surface area is 52.6 Å². The summed E-state index contributed by atoms with van der Waals surface area (Å²) in [6.45, 7) is 0. The van der Waals surface area contributed by atoms with Gasteiger partial charge in [0.05, 0.1) is 6.42 Å². The van der Waals surface area contributed by atoms with Gasteiger partial charge in [0.15, 0.2) is 0 Å². The molecule has 0 aromatic rings. The van der Waals surface area contributed by atoms with Crippen LogP contribution in [0.4, 0.5) is 0 Å². The molecule has 3 nitrogen and oxygen atoms in total. The minimum atomic E-state index is -0.364. The number of carbonyl (C=O) groups excluding carboxylic acids is 1. The van der Waals surface area contributed by atoms with E-state index in [1.54, 1.807) is 18.5 Å². The molecule has 0 unspecified atom stereocenters. The van der Waals surface area contributed by atoms with Crippen LogP contribution in [0, 0.1) is 0 Å². The van der Waals surface area contributed by atoms with Gasteiger partial charge in [-0.05, 0) is 0 Å². The molecule has 0 aromatic heterocycles. The van der Waals surface area contributed by atoms with Crippen molar-refractivity contribution in [1.29, 1.82) is 0 Å². The van der Waals surface area contributed by atoms with Gasteiger partial charge in [0, 0.05) is 11.6 Å². The second-order valence-corrected chi connectivity index (χ2v) is 1.74. The highest BCUT2D eigenvalue weighted by Gasteiger charge is 2.07. The zero-order valence-corrected chi connectivity index (χ0v) is 4.87. The van der Waals surface area contributed by atoms with Gasteiger partial charge in [-0.2, -0.15) is 0 Å². The smallest absolute Gasteiger partial charge is 0.292 e. The second-order valence-electron chi connectivity index (χ2n) is 1.74. The molecule has 0 fully saturated rings. The van der Waals surface area contributed by atoms with Crippen molar-refractivity contribution in [2.45, 2.75) is 6.42 Å². The van der Waals surface area contributed by atoms with Crippen LogP contribution in [0.5, 0.6) is 0 Å². The number of nitrogens with two attached hydrogens (primary N) is 1. The molecule has 0 bridgehead atoms. The van der Waals surface area contributed by atoms with Crippen molar-refractivity contribution in [3.63, 3.8) is 0 Å². The second kappa shape index (κ2) is 2.29. The van der Waals surface area contributed by atoms with Gasteiger partial charge in [0.25, 0.3) is 12.4 Å². The number of primary amides is 1. The van der Waals surface area contributed by atoms with Gasteiger partial charge in [0.2, 0.25) is 5.91 Å². The van der Waals surface area contributed by atoms with Crippen LogP contribution in [-0.4, -0.2) is 18.3 Å². The predicted octanol–water partition coefficient (Wildman–Crippen LogP) is -0.989. The zero-order chi connectivity index (χ0) is 6.69. The average Bonchev–Trinajstić information content (AvgIpc) is 1.90. The number of nitrogens with zero attached hydrogens (tertiary/aromatic N) is 1. The van der Waals surface area contributed by atoms with Crippen LogP contribution in [0.2, 0.25) is 0 Å². The lowest BCUT2D eigenvalue weighted by Gasteiger charge is -1.91. The van der Waals surface area contributed by atoms with E-state index in [9.17, 15) is 4.79 Å². The largest absolute Gasteiger partial charge is 0.366 e. The minimum Gasteiger partial charge on any atom is -0.366 e. The molecule has 1 heterocycles. The number of hydrogen-bond donors (Lipinski definition) is 1. The quantitative estimate of drug-likeness (QED) is 0.447. The van der Waals surface area contributed by atoms with Gasteiger partial charge in [-0.3, -0.25) is 4.79 Å². The molecule has 0 spiro atoms. The third-order valence-electron chi connectivity index (χ3n) is 1.09. The summed E-state index contributed by atoms with van der Waals surface area (Å²) in [5, 5.41) is 0. The molecule has 0 saturated heterocycles. The molecule has 3 heteroatoms. The van der Waals surface area contributed by atoms with E-state index in [1.807, 2.05) is 0 Å². The van der Waals surface area contributed by atoms with E-state index < -0.39 is 0 Å². The van der Waals surface area contributed by atoms with Crippen LogP contribution < -0.4 is 10.4 Å². The monoisotopic (exact) mass is 123 g/mol. The van der Waals surface area contributed by atoms with Crippen molar-refractivity contribution < 1.29 is 4.79 Å². The fourth-order valence-electron chi connectivity index (χ4n) is 0.596. The molecule has 0 aliphatic carbocycles. The van der Waals surface area contributed by atoms with Crippen LogP contribution in [0.1, 0.15) is 6.42 Å². The Morgan fingerprint density at radius 3 is 2.89 bits per heavy atom. The van der Waals surface area contributed by atoms with E-state index in [0.717, 1.165) is 0 Å². The molecule has 1 aliphatic heterocycles. The summed E-state index contributed by atoms with van der Waals surface area (Å²) in [7, 11) is 0. The highest BCUT2D eigenvalue weighted by atomic mass is 16.1. The minimum absolute atomic E-state index is 0.364. The van der Waals surface area contributed by atoms with E-state index >= 15 is 0 Å².